The van der Waals surface area contributed by atoms with Gasteiger partial charge in [-0.15, -0.1) is 0 Å². The van der Waals surface area contributed by atoms with E-state index < -0.39 is 5.97 Å². The molecule has 0 heterocycles. The number of hydrogen-bond donors (Lipinski definition) is 1. The van der Waals surface area contributed by atoms with E-state index in [4.69, 9.17) is 5.11 Å². The number of aryl methyl sites for hydroxylation is 1. The summed E-state index contributed by atoms with van der Waals surface area (Å²) in [5.41, 5.74) is 5.64. The first-order chi connectivity index (χ1) is 13.6. The van der Waals surface area contributed by atoms with Gasteiger partial charge in [-0.3, -0.25) is 0 Å². The second kappa shape index (κ2) is 7.53. The van der Waals surface area contributed by atoms with Crippen LogP contribution in [0, 0.1) is 6.92 Å². The molecule has 0 unspecified atom stereocenters. The summed E-state index contributed by atoms with van der Waals surface area (Å²) in [6, 6.07) is 28.7. The second-order valence-corrected chi connectivity index (χ2v) is 6.90. The van der Waals surface area contributed by atoms with Crippen molar-refractivity contribution in [2.75, 3.05) is 0 Å². The lowest BCUT2D eigenvalue weighted by Gasteiger charge is -2.05. The Hall–Kier alpha value is -3.65. The summed E-state index contributed by atoms with van der Waals surface area (Å²) in [5.74, 6) is -0.891. The number of carboxylic acids is 1. The van der Waals surface area contributed by atoms with Gasteiger partial charge in [0.25, 0.3) is 0 Å². The lowest BCUT2D eigenvalue weighted by atomic mass is 9.99. The van der Waals surface area contributed by atoms with Gasteiger partial charge in [0.2, 0.25) is 0 Å². The first-order valence-electron chi connectivity index (χ1n) is 9.21. The van der Waals surface area contributed by atoms with E-state index in [2.05, 4.69) is 66.7 Å². The smallest absolute Gasteiger partial charge is 0.335 e. The van der Waals surface area contributed by atoms with E-state index in [1.54, 1.807) is 6.07 Å². The maximum absolute atomic E-state index is 11.1. The van der Waals surface area contributed by atoms with Gasteiger partial charge >= 0.3 is 5.97 Å². The summed E-state index contributed by atoms with van der Waals surface area (Å²) in [6.07, 6.45) is 4.07. The molecule has 0 atom stereocenters. The minimum Gasteiger partial charge on any atom is -0.478 e. The zero-order chi connectivity index (χ0) is 19.5. The van der Waals surface area contributed by atoms with Gasteiger partial charge in [-0.05, 0) is 63.7 Å². The van der Waals surface area contributed by atoms with Crippen LogP contribution in [0.1, 0.15) is 27.0 Å². The number of rotatable bonds is 4. The summed E-state index contributed by atoms with van der Waals surface area (Å²) in [4.78, 5) is 11.1. The highest BCUT2D eigenvalue weighted by molar-refractivity contribution is 5.91. The van der Waals surface area contributed by atoms with E-state index in [0.29, 0.717) is 5.56 Å². The van der Waals surface area contributed by atoms with Crippen LogP contribution >= 0.6 is 0 Å². The number of carboxylic acid groups (broad SMARTS) is 1. The maximum atomic E-state index is 11.1. The molecule has 0 saturated heterocycles. The fourth-order valence-corrected chi connectivity index (χ4v) is 3.40. The average Bonchev–Trinajstić information content (AvgIpc) is 2.72. The van der Waals surface area contributed by atoms with Crippen LogP contribution in [0.25, 0.3) is 34.1 Å². The van der Waals surface area contributed by atoms with Gasteiger partial charge < -0.3 is 5.11 Å². The minimum absolute atomic E-state index is 0.345. The van der Waals surface area contributed by atoms with E-state index >= 15 is 0 Å². The normalized spacial score (nSPS) is 11.2. The SMILES string of the molecule is Cc1cc(C=Cc2ccc3cc(-c4ccccc4)ccc3c2)ccc1C(=O)O. The van der Waals surface area contributed by atoms with Crippen molar-refractivity contribution in [1.29, 1.82) is 0 Å². The van der Waals surface area contributed by atoms with Gasteiger partial charge in [0.1, 0.15) is 0 Å². The van der Waals surface area contributed by atoms with Crippen LogP contribution in [0.4, 0.5) is 0 Å². The van der Waals surface area contributed by atoms with Crippen molar-refractivity contribution in [3.8, 4) is 11.1 Å². The molecule has 0 amide bonds. The van der Waals surface area contributed by atoms with Gasteiger partial charge in [0.05, 0.1) is 5.56 Å². The Labute approximate surface area is 164 Å². The summed E-state index contributed by atoms with van der Waals surface area (Å²) in [7, 11) is 0. The summed E-state index contributed by atoms with van der Waals surface area (Å²) in [6.45, 7) is 1.82. The Balaban J connectivity index is 1.60. The second-order valence-electron chi connectivity index (χ2n) is 6.90. The molecule has 0 spiro atoms. The average molecular weight is 364 g/mol. The molecule has 0 aliphatic rings. The Morgan fingerprint density at radius 2 is 1.36 bits per heavy atom. The zero-order valence-corrected chi connectivity index (χ0v) is 15.6. The number of carbonyl (C=O) groups is 1. The zero-order valence-electron chi connectivity index (χ0n) is 15.6. The van der Waals surface area contributed by atoms with Crippen LogP contribution in [0.2, 0.25) is 0 Å². The summed E-state index contributed by atoms with van der Waals surface area (Å²) < 4.78 is 0. The van der Waals surface area contributed by atoms with E-state index in [-0.39, 0.29) is 0 Å². The molecule has 0 aliphatic carbocycles. The fraction of sp³-hybridized carbons (Fsp3) is 0.0385. The third kappa shape index (κ3) is 3.72. The molecular formula is C26H20O2. The van der Waals surface area contributed by atoms with Crippen LogP contribution in [-0.2, 0) is 0 Å². The molecule has 28 heavy (non-hydrogen) atoms. The topological polar surface area (TPSA) is 37.3 Å². The van der Waals surface area contributed by atoms with Gasteiger partial charge in [-0.1, -0.05) is 78.9 Å². The quantitative estimate of drug-likeness (QED) is 0.410. The number of fused-ring (bicyclic) bond motifs is 1. The van der Waals surface area contributed by atoms with Crippen LogP contribution in [-0.4, -0.2) is 11.1 Å². The maximum Gasteiger partial charge on any atom is 0.335 e. The Kier molecular flexibility index (Phi) is 4.77. The standard InChI is InChI=1S/C26H20O2/c1-18-15-19(10-14-25(18)26(27)28)7-8-20-9-11-24-17-23(13-12-22(24)16-20)21-5-3-2-4-6-21/h2-17H,1H3,(H,27,28). The minimum atomic E-state index is -0.891. The number of benzene rings is 4. The van der Waals surface area contributed by atoms with E-state index in [9.17, 15) is 4.79 Å². The molecule has 0 radical (unpaired) electrons. The largest absolute Gasteiger partial charge is 0.478 e. The highest BCUT2D eigenvalue weighted by Crippen LogP contribution is 2.25. The molecule has 2 nitrogen and oxygen atoms in total. The fourth-order valence-electron chi connectivity index (χ4n) is 3.40. The number of hydrogen-bond acceptors (Lipinski definition) is 1. The van der Waals surface area contributed by atoms with Crippen LogP contribution in [0.15, 0.2) is 84.9 Å². The van der Waals surface area contributed by atoms with Crippen LogP contribution in [0.3, 0.4) is 0 Å². The van der Waals surface area contributed by atoms with Crippen molar-refractivity contribution in [1.82, 2.24) is 0 Å². The molecule has 0 saturated carbocycles. The van der Waals surface area contributed by atoms with Crippen molar-refractivity contribution < 1.29 is 9.90 Å². The molecule has 136 valence electrons. The lowest BCUT2D eigenvalue weighted by molar-refractivity contribution is 0.0696. The molecule has 0 bridgehead atoms. The van der Waals surface area contributed by atoms with Crippen molar-refractivity contribution >= 4 is 28.9 Å². The van der Waals surface area contributed by atoms with E-state index in [1.807, 2.05) is 31.2 Å². The third-order valence-corrected chi connectivity index (χ3v) is 4.92. The van der Waals surface area contributed by atoms with Crippen molar-refractivity contribution in [3.63, 3.8) is 0 Å². The van der Waals surface area contributed by atoms with E-state index in [0.717, 1.165) is 16.7 Å². The van der Waals surface area contributed by atoms with E-state index in [1.165, 1.54) is 21.9 Å². The Morgan fingerprint density at radius 1 is 0.714 bits per heavy atom. The summed E-state index contributed by atoms with van der Waals surface area (Å²) in [5, 5.41) is 11.5. The van der Waals surface area contributed by atoms with Crippen molar-refractivity contribution in [2.45, 2.75) is 6.92 Å². The molecule has 0 aromatic heterocycles. The molecule has 4 rings (SSSR count). The molecule has 2 heteroatoms. The first kappa shape index (κ1) is 17.7. The van der Waals surface area contributed by atoms with Crippen LogP contribution < -0.4 is 0 Å². The monoisotopic (exact) mass is 364 g/mol. The Bertz CT molecular complexity index is 1190. The molecule has 0 fully saturated rings. The molecule has 1 N–H and O–H groups in total. The van der Waals surface area contributed by atoms with Gasteiger partial charge in [0, 0.05) is 0 Å². The van der Waals surface area contributed by atoms with Gasteiger partial charge in [-0.25, -0.2) is 4.79 Å². The lowest BCUT2D eigenvalue weighted by Crippen LogP contribution is -1.99. The molecule has 4 aromatic carbocycles. The highest BCUT2D eigenvalue weighted by atomic mass is 16.4. The number of aromatic carboxylic acids is 1. The predicted molar refractivity (Wildman–Crippen MR) is 116 cm³/mol. The van der Waals surface area contributed by atoms with Crippen LogP contribution in [0.5, 0.6) is 0 Å². The van der Waals surface area contributed by atoms with Gasteiger partial charge in [0.15, 0.2) is 0 Å². The highest BCUT2D eigenvalue weighted by Gasteiger charge is 2.06. The third-order valence-electron chi connectivity index (χ3n) is 4.92. The molecule has 4 aromatic rings. The molecule has 0 aliphatic heterocycles. The van der Waals surface area contributed by atoms with Gasteiger partial charge in [-0.2, -0.15) is 0 Å². The Morgan fingerprint density at radius 3 is 2.07 bits per heavy atom. The predicted octanol–water partition coefficient (Wildman–Crippen LogP) is 6.68. The first-order valence-corrected chi connectivity index (χ1v) is 9.21. The summed E-state index contributed by atoms with van der Waals surface area (Å²) >= 11 is 0. The molecular weight excluding hydrogens is 344 g/mol. The van der Waals surface area contributed by atoms with Crippen molar-refractivity contribution in [3.05, 3.63) is 107 Å². The van der Waals surface area contributed by atoms with Crippen molar-refractivity contribution in [2.24, 2.45) is 0 Å².